The van der Waals surface area contributed by atoms with Crippen LogP contribution in [0.15, 0.2) is 24.3 Å². The summed E-state index contributed by atoms with van der Waals surface area (Å²) in [6.07, 6.45) is 1.96. The average Bonchev–Trinajstić information content (AvgIpc) is 2.32. The summed E-state index contributed by atoms with van der Waals surface area (Å²) in [5.41, 5.74) is 6.59. The van der Waals surface area contributed by atoms with E-state index in [1.807, 2.05) is 0 Å². The molecule has 6 heteroatoms. The number of benzene rings is 1. The van der Waals surface area contributed by atoms with Crippen LogP contribution in [0.4, 0.5) is 10.5 Å². The number of amides is 2. The molecule has 1 saturated heterocycles. The normalized spacial score (nSPS) is 19.0. The number of likely N-dealkylation sites (tertiary alicyclic amines) is 1. The standard InChI is InChI=1S/C12H16ClN3O.ClH/c13-9-3-5-11(6-4-9)15-12(17)16-7-1-2-10(14)8-16;/h3-6,10H,1-2,7-8,14H2,(H,15,17);1H/t10-;/m0./s1. The van der Waals surface area contributed by atoms with Gasteiger partial charge in [-0.05, 0) is 37.1 Å². The quantitative estimate of drug-likeness (QED) is 0.835. The van der Waals surface area contributed by atoms with Gasteiger partial charge in [0.05, 0.1) is 0 Å². The summed E-state index contributed by atoms with van der Waals surface area (Å²) in [6.45, 7) is 1.40. The van der Waals surface area contributed by atoms with Gasteiger partial charge in [-0.15, -0.1) is 12.4 Å². The van der Waals surface area contributed by atoms with Crippen molar-refractivity contribution in [3.05, 3.63) is 29.3 Å². The molecule has 1 aromatic carbocycles. The monoisotopic (exact) mass is 289 g/mol. The Morgan fingerprint density at radius 2 is 2.06 bits per heavy atom. The minimum Gasteiger partial charge on any atom is -0.326 e. The van der Waals surface area contributed by atoms with Crippen molar-refractivity contribution in [3.63, 3.8) is 0 Å². The van der Waals surface area contributed by atoms with Crippen molar-refractivity contribution in [2.24, 2.45) is 5.73 Å². The van der Waals surface area contributed by atoms with Crippen LogP contribution >= 0.6 is 24.0 Å². The Labute approximate surface area is 118 Å². The number of nitrogens with two attached hydrogens (primary N) is 1. The zero-order chi connectivity index (χ0) is 12.3. The minimum atomic E-state index is -0.0949. The molecule has 100 valence electrons. The molecule has 1 fully saturated rings. The summed E-state index contributed by atoms with van der Waals surface area (Å²) in [4.78, 5) is 13.7. The Kier molecular flexibility index (Phi) is 5.72. The fourth-order valence-electron chi connectivity index (χ4n) is 1.93. The molecule has 1 atom stereocenters. The third kappa shape index (κ3) is 4.05. The van der Waals surface area contributed by atoms with Gasteiger partial charge in [0.25, 0.3) is 0 Å². The third-order valence-corrected chi connectivity index (χ3v) is 3.09. The van der Waals surface area contributed by atoms with E-state index in [9.17, 15) is 4.79 Å². The number of hydrogen-bond acceptors (Lipinski definition) is 2. The molecule has 18 heavy (non-hydrogen) atoms. The molecule has 3 N–H and O–H groups in total. The Balaban J connectivity index is 0.00000162. The smallest absolute Gasteiger partial charge is 0.321 e. The molecule has 2 rings (SSSR count). The molecule has 1 aliphatic heterocycles. The number of carbonyl (C=O) groups is 1. The number of piperidine rings is 1. The van der Waals surface area contributed by atoms with Crippen molar-refractivity contribution in [1.82, 2.24) is 4.90 Å². The first-order valence-electron chi connectivity index (χ1n) is 5.72. The van der Waals surface area contributed by atoms with Crippen LogP contribution in [-0.2, 0) is 0 Å². The van der Waals surface area contributed by atoms with Crippen LogP contribution in [0.3, 0.4) is 0 Å². The maximum atomic E-state index is 11.9. The summed E-state index contributed by atoms with van der Waals surface area (Å²) in [7, 11) is 0. The SMILES string of the molecule is Cl.N[C@H]1CCCN(C(=O)Nc2ccc(Cl)cc2)C1. The molecule has 0 spiro atoms. The Hall–Kier alpha value is -0.970. The second-order valence-electron chi connectivity index (χ2n) is 4.29. The maximum absolute atomic E-state index is 11.9. The number of nitrogens with one attached hydrogen (secondary N) is 1. The number of anilines is 1. The van der Waals surface area contributed by atoms with Gasteiger partial charge in [0.1, 0.15) is 0 Å². The molecule has 0 radical (unpaired) electrons. The highest BCUT2D eigenvalue weighted by Gasteiger charge is 2.20. The number of urea groups is 1. The molecule has 0 saturated carbocycles. The van der Waals surface area contributed by atoms with E-state index < -0.39 is 0 Å². The van der Waals surface area contributed by atoms with Crippen molar-refractivity contribution in [2.75, 3.05) is 18.4 Å². The van der Waals surface area contributed by atoms with Gasteiger partial charge < -0.3 is 16.0 Å². The largest absolute Gasteiger partial charge is 0.326 e. The zero-order valence-corrected chi connectivity index (χ0v) is 11.5. The van der Waals surface area contributed by atoms with Gasteiger partial charge in [-0.2, -0.15) is 0 Å². The second kappa shape index (κ2) is 6.83. The highest BCUT2D eigenvalue weighted by Crippen LogP contribution is 2.15. The number of nitrogens with zero attached hydrogens (tertiary/aromatic N) is 1. The maximum Gasteiger partial charge on any atom is 0.321 e. The average molecular weight is 290 g/mol. The Morgan fingerprint density at radius 1 is 1.39 bits per heavy atom. The number of hydrogen-bond donors (Lipinski definition) is 2. The van der Waals surface area contributed by atoms with Crippen molar-refractivity contribution >= 4 is 35.7 Å². The van der Waals surface area contributed by atoms with E-state index in [1.54, 1.807) is 29.2 Å². The second-order valence-corrected chi connectivity index (χ2v) is 4.72. The van der Waals surface area contributed by atoms with E-state index >= 15 is 0 Å². The molecule has 0 unspecified atom stereocenters. The van der Waals surface area contributed by atoms with E-state index in [0.717, 1.165) is 25.1 Å². The Bertz CT molecular complexity index is 397. The predicted octanol–water partition coefficient (Wildman–Crippen LogP) is 2.72. The first-order chi connectivity index (χ1) is 8.15. The molecule has 4 nitrogen and oxygen atoms in total. The van der Waals surface area contributed by atoms with Gasteiger partial charge in [0.15, 0.2) is 0 Å². The lowest BCUT2D eigenvalue weighted by Gasteiger charge is -2.30. The fourth-order valence-corrected chi connectivity index (χ4v) is 2.06. The van der Waals surface area contributed by atoms with Crippen LogP contribution in [0.2, 0.25) is 5.02 Å². The van der Waals surface area contributed by atoms with E-state index in [2.05, 4.69) is 5.32 Å². The fraction of sp³-hybridized carbons (Fsp3) is 0.417. The molecule has 0 bridgehead atoms. The number of carbonyl (C=O) groups excluding carboxylic acids is 1. The molecule has 1 aliphatic rings. The van der Waals surface area contributed by atoms with Crippen LogP contribution in [-0.4, -0.2) is 30.1 Å². The lowest BCUT2D eigenvalue weighted by atomic mass is 10.1. The summed E-state index contributed by atoms with van der Waals surface area (Å²) in [5.74, 6) is 0. The number of halogens is 2. The highest BCUT2D eigenvalue weighted by molar-refractivity contribution is 6.30. The molecule has 0 aromatic heterocycles. The van der Waals surface area contributed by atoms with Crippen LogP contribution in [0.1, 0.15) is 12.8 Å². The molecule has 1 aromatic rings. The Morgan fingerprint density at radius 3 is 2.67 bits per heavy atom. The predicted molar refractivity (Wildman–Crippen MR) is 76.5 cm³/mol. The molecular weight excluding hydrogens is 273 g/mol. The molecular formula is C12H17Cl2N3O. The van der Waals surface area contributed by atoms with Gasteiger partial charge in [-0.3, -0.25) is 0 Å². The first kappa shape index (κ1) is 15.1. The van der Waals surface area contributed by atoms with Crippen molar-refractivity contribution in [3.8, 4) is 0 Å². The molecule has 2 amide bonds. The summed E-state index contributed by atoms with van der Waals surface area (Å²) in [6, 6.07) is 7.06. The first-order valence-corrected chi connectivity index (χ1v) is 6.10. The van der Waals surface area contributed by atoms with Crippen LogP contribution < -0.4 is 11.1 Å². The van der Waals surface area contributed by atoms with Crippen LogP contribution in [0.5, 0.6) is 0 Å². The third-order valence-electron chi connectivity index (χ3n) is 2.84. The zero-order valence-electron chi connectivity index (χ0n) is 9.93. The highest BCUT2D eigenvalue weighted by atomic mass is 35.5. The number of rotatable bonds is 1. The van der Waals surface area contributed by atoms with E-state index in [-0.39, 0.29) is 24.5 Å². The van der Waals surface area contributed by atoms with Crippen molar-refractivity contribution in [2.45, 2.75) is 18.9 Å². The van der Waals surface area contributed by atoms with Crippen molar-refractivity contribution in [1.29, 1.82) is 0 Å². The van der Waals surface area contributed by atoms with Gasteiger partial charge in [-0.25, -0.2) is 4.79 Å². The van der Waals surface area contributed by atoms with Crippen LogP contribution in [0.25, 0.3) is 0 Å². The lowest BCUT2D eigenvalue weighted by Crippen LogP contribution is -2.47. The van der Waals surface area contributed by atoms with Gasteiger partial charge >= 0.3 is 6.03 Å². The lowest BCUT2D eigenvalue weighted by molar-refractivity contribution is 0.193. The van der Waals surface area contributed by atoms with Gasteiger partial charge in [-0.1, -0.05) is 11.6 Å². The summed E-state index contributed by atoms with van der Waals surface area (Å²) < 4.78 is 0. The molecule has 1 heterocycles. The van der Waals surface area contributed by atoms with Gasteiger partial charge in [0, 0.05) is 29.8 Å². The summed E-state index contributed by atoms with van der Waals surface area (Å²) >= 11 is 5.78. The van der Waals surface area contributed by atoms with E-state index in [1.165, 1.54) is 0 Å². The van der Waals surface area contributed by atoms with Crippen molar-refractivity contribution < 1.29 is 4.79 Å². The molecule has 0 aliphatic carbocycles. The minimum absolute atomic E-state index is 0. The topological polar surface area (TPSA) is 58.4 Å². The van der Waals surface area contributed by atoms with Crippen LogP contribution in [0, 0.1) is 0 Å². The summed E-state index contributed by atoms with van der Waals surface area (Å²) in [5, 5.41) is 3.49. The van der Waals surface area contributed by atoms with E-state index in [4.69, 9.17) is 17.3 Å². The van der Waals surface area contributed by atoms with Gasteiger partial charge in [0.2, 0.25) is 0 Å². The van der Waals surface area contributed by atoms with E-state index in [0.29, 0.717) is 11.6 Å².